The summed E-state index contributed by atoms with van der Waals surface area (Å²) >= 11 is 5.89. The highest BCUT2D eigenvalue weighted by Gasteiger charge is 2.26. The summed E-state index contributed by atoms with van der Waals surface area (Å²) in [7, 11) is 0. The summed E-state index contributed by atoms with van der Waals surface area (Å²) in [6.45, 7) is 5.23. The molecule has 1 saturated heterocycles. The molecule has 0 N–H and O–H groups in total. The number of nitrogens with zero attached hydrogens (tertiary/aromatic N) is 1. The van der Waals surface area contributed by atoms with E-state index in [1.165, 1.54) is 0 Å². The topological polar surface area (TPSA) is 29.5 Å². The number of hydrogen-bond donors (Lipinski definition) is 0. The molecule has 0 unspecified atom stereocenters. The molecule has 1 heterocycles. The van der Waals surface area contributed by atoms with E-state index in [1.54, 1.807) is 24.3 Å². The standard InChI is InChI=1S/C13H16ClNO2/c1-9-7-15(8-10(2)17-9)13(16)11-4-3-5-12(14)6-11/h3-6,9-10H,7-8H2,1-2H3/t9-,10-/m1/s1. The maximum Gasteiger partial charge on any atom is 0.254 e. The normalized spacial score (nSPS) is 24.8. The number of morpholine rings is 1. The van der Waals surface area contributed by atoms with Gasteiger partial charge in [-0.3, -0.25) is 4.79 Å². The van der Waals surface area contributed by atoms with Gasteiger partial charge in [-0.1, -0.05) is 17.7 Å². The van der Waals surface area contributed by atoms with Crippen LogP contribution in [0.15, 0.2) is 24.3 Å². The molecule has 0 saturated carbocycles. The van der Waals surface area contributed by atoms with Crippen LogP contribution in [0.3, 0.4) is 0 Å². The molecule has 3 nitrogen and oxygen atoms in total. The molecule has 0 bridgehead atoms. The molecule has 1 aromatic rings. The second-order valence-electron chi connectivity index (χ2n) is 4.48. The maximum atomic E-state index is 12.3. The van der Waals surface area contributed by atoms with Gasteiger partial charge in [0, 0.05) is 23.7 Å². The highest BCUT2D eigenvalue weighted by molar-refractivity contribution is 6.30. The van der Waals surface area contributed by atoms with Crippen LogP contribution in [0, 0.1) is 0 Å². The smallest absolute Gasteiger partial charge is 0.254 e. The fourth-order valence-corrected chi connectivity index (χ4v) is 2.34. The molecular formula is C13H16ClNO2. The minimum Gasteiger partial charge on any atom is -0.372 e. The Labute approximate surface area is 106 Å². The third kappa shape index (κ3) is 2.99. The highest BCUT2D eigenvalue weighted by atomic mass is 35.5. The van der Waals surface area contributed by atoms with Crippen LogP contribution in [0.1, 0.15) is 24.2 Å². The maximum absolute atomic E-state index is 12.3. The van der Waals surface area contributed by atoms with Gasteiger partial charge in [0.2, 0.25) is 0 Å². The quantitative estimate of drug-likeness (QED) is 0.770. The van der Waals surface area contributed by atoms with Crippen LogP contribution in [0.4, 0.5) is 0 Å². The summed E-state index contributed by atoms with van der Waals surface area (Å²) in [5, 5.41) is 0.588. The first-order valence-electron chi connectivity index (χ1n) is 5.76. The SMILES string of the molecule is C[C@@H]1CN(C(=O)c2cccc(Cl)c2)C[C@@H](C)O1. The predicted octanol–water partition coefficient (Wildman–Crippen LogP) is 2.59. The third-order valence-electron chi connectivity index (χ3n) is 2.78. The van der Waals surface area contributed by atoms with Crippen LogP contribution in [-0.2, 0) is 4.74 Å². The van der Waals surface area contributed by atoms with E-state index in [9.17, 15) is 4.79 Å². The summed E-state index contributed by atoms with van der Waals surface area (Å²) in [5.74, 6) is 0.0227. The Morgan fingerprint density at radius 2 is 2.00 bits per heavy atom. The van der Waals surface area contributed by atoms with Gasteiger partial charge in [-0.15, -0.1) is 0 Å². The Balaban J connectivity index is 2.14. The summed E-state index contributed by atoms with van der Waals surface area (Å²) in [4.78, 5) is 14.1. The minimum atomic E-state index is 0.0227. The lowest BCUT2D eigenvalue weighted by molar-refractivity contribution is -0.0586. The molecule has 0 radical (unpaired) electrons. The lowest BCUT2D eigenvalue weighted by atomic mass is 10.1. The highest BCUT2D eigenvalue weighted by Crippen LogP contribution is 2.16. The Morgan fingerprint density at radius 1 is 1.35 bits per heavy atom. The zero-order valence-electron chi connectivity index (χ0n) is 10.0. The molecule has 1 fully saturated rings. The molecule has 1 aromatic carbocycles. The average molecular weight is 254 g/mol. The van der Waals surface area contributed by atoms with Crippen molar-refractivity contribution in [1.82, 2.24) is 4.90 Å². The van der Waals surface area contributed by atoms with E-state index in [1.807, 2.05) is 18.7 Å². The molecule has 1 aliphatic rings. The zero-order valence-corrected chi connectivity index (χ0v) is 10.8. The van der Waals surface area contributed by atoms with Gasteiger partial charge in [0.05, 0.1) is 12.2 Å². The van der Waals surface area contributed by atoms with Crippen molar-refractivity contribution in [2.75, 3.05) is 13.1 Å². The molecule has 92 valence electrons. The van der Waals surface area contributed by atoms with Gasteiger partial charge in [0.25, 0.3) is 5.91 Å². The van der Waals surface area contributed by atoms with E-state index in [-0.39, 0.29) is 18.1 Å². The molecule has 1 aliphatic heterocycles. The summed E-state index contributed by atoms with van der Waals surface area (Å²) < 4.78 is 5.61. The van der Waals surface area contributed by atoms with E-state index in [4.69, 9.17) is 16.3 Å². The number of hydrogen-bond acceptors (Lipinski definition) is 2. The van der Waals surface area contributed by atoms with Crippen LogP contribution in [0.5, 0.6) is 0 Å². The minimum absolute atomic E-state index is 0.0227. The monoisotopic (exact) mass is 253 g/mol. The van der Waals surface area contributed by atoms with Crippen molar-refractivity contribution < 1.29 is 9.53 Å². The van der Waals surface area contributed by atoms with Crippen molar-refractivity contribution in [2.24, 2.45) is 0 Å². The summed E-state index contributed by atoms with van der Waals surface area (Å²) in [6, 6.07) is 7.06. The largest absolute Gasteiger partial charge is 0.372 e. The molecule has 0 aromatic heterocycles. The van der Waals surface area contributed by atoms with Gasteiger partial charge >= 0.3 is 0 Å². The van der Waals surface area contributed by atoms with Crippen molar-refractivity contribution in [2.45, 2.75) is 26.1 Å². The fourth-order valence-electron chi connectivity index (χ4n) is 2.15. The second kappa shape index (κ2) is 5.07. The van der Waals surface area contributed by atoms with Crippen LogP contribution < -0.4 is 0 Å². The van der Waals surface area contributed by atoms with Gasteiger partial charge in [-0.05, 0) is 32.0 Å². The van der Waals surface area contributed by atoms with E-state index in [2.05, 4.69) is 0 Å². The summed E-state index contributed by atoms with van der Waals surface area (Å²) in [6.07, 6.45) is 0.170. The first-order valence-corrected chi connectivity index (χ1v) is 6.14. The van der Waals surface area contributed by atoms with Crippen molar-refractivity contribution in [3.63, 3.8) is 0 Å². The van der Waals surface area contributed by atoms with Crippen LogP contribution in [0.2, 0.25) is 5.02 Å². The van der Waals surface area contributed by atoms with Gasteiger partial charge < -0.3 is 9.64 Å². The van der Waals surface area contributed by atoms with E-state index >= 15 is 0 Å². The van der Waals surface area contributed by atoms with Crippen LogP contribution in [-0.4, -0.2) is 36.1 Å². The molecule has 4 heteroatoms. The lowest BCUT2D eigenvalue weighted by Gasteiger charge is -2.35. The van der Waals surface area contributed by atoms with E-state index in [0.29, 0.717) is 23.7 Å². The number of rotatable bonds is 1. The van der Waals surface area contributed by atoms with E-state index < -0.39 is 0 Å². The molecule has 2 rings (SSSR count). The zero-order chi connectivity index (χ0) is 12.4. The molecule has 2 atom stereocenters. The van der Waals surface area contributed by atoms with Crippen molar-refractivity contribution in [3.8, 4) is 0 Å². The number of benzene rings is 1. The van der Waals surface area contributed by atoms with Gasteiger partial charge in [-0.2, -0.15) is 0 Å². The second-order valence-corrected chi connectivity index (χ2v) is 4.91. The molecule has 0 spiro atoms. The Bertz CT molecular complexity index is 412. The van der Waals surface area contributed by atoms with Crippen LogP contribution in [0.25, 0.3) is 0 Å². The fraction of sp³-hybridized carbons (Fsp3) is 0.462. The molecule has 0 aliphatic carbocycles. The number of ether oxygens (including phenoxy) is 1. The van der Waals surface area contributed by atoms with Crippen LogP contribution >= 0.6 is 11.6 Å². The predicted molar refractivity (Wildman–Crippen MR) is 67.4 cm³/mol. The number of carbonyl (C=O) groups excluding carboxylic acids is 1. The first-order chi connectivity index (χ1) is 8.06. The Kier molecular flexibility index (Phi) is 3.69. The summed E-state index contributed by atoms with van der Waals surface area (Å²) in [5.41, 5.74) is 0.638. The van der Waals surface area contributed by atoms with Gasteiger partial charge in [-0.25, -0.2) is 0 Å². The Morgan fingerprint density at radius 3 is 2.59 bits per heavy atom. The molecule has 17 heavy (non-hydrogen) atoms. The number of halogens is 1. The third-order valence-corrected chi connectivity index (χ3v) is 3.01. The van der Waals surface area contributed by atoms with Gasteiger partial charge in [0.1, 0.15) is 0 Å². The van der Waals surface area contributed by atoms with Crippen molar-refractivity contribution in [1.29, 1.82) is 0 Å². The van der Waals surface area contributed by atoms with E-state index in [0.717, 1.165) is 0 Å². The Hall–Kier alpha value is -1.06. The average Bonchev–Trinajstić information content (AvgIpc) is 2.26. The molecule has 1 amide bonds. The number of carbonyl (C=O) groups is 1. The number of amides is 1. The van der Waals surface area contributed by atoms with Crippen molar-refractivity contribution in [3.05, 3.63) is 34.9 Å². The van der Waals surface area contributed by atoms with Crippen molar-refractivity contribution >= 4 is 17.5 Å². The first kappa shape index (κ1) is 12.4. The lowest BCUT2D eigenvalue weighted by Crippen LogP contribution is -2.48. The van der Waals surface area contributed by atoms with Gasteiger partial charge in [0.15, 0.2) is 0 Å². The molecular weight excluding hydrogens is 238 g/mol.